The molecule has 2 N–H and O–H groups in total. The van der Waals surface area contributed by atoms with E-state index in [1.165, 1.54) is 5.48 Å². The van der Waals surface area contributed by atoms with Crippen LogP contribution in [0.25, 0.3) is 0 Å². The number of rotatable bonds is 1. The topological polar surface area (TPSA) is 88.2 Å². The Bertz CT molecular complexity index is 244. The molecule has 54 valence electrons. The van der Waals surface area contributed by atoms with Gasteiger partial charge < -0.3 is 4.52 Å². The van der Waals surface area contributed by atoms with Crippen molar-refractivity contribution in [1.82, 2.24) is 15.6 Å². The summed E-state index contributed by atoms with van der Waals surface area (Å²) >= 11 is 0. The first kappa shape index (κ1) is 6.69. The van der Waals surface area contributed by atoms with Gasteiger partial charge in [0.15, 0.2) is 5.82 Å². The lowest BCUT2D eigenvalue weighted by atomic mass is 10.6. The summed E-state index contributed by atoms with van der Waals surface area (Å²) in [7, 11) is 0. The molecule has 1 aromatic heterocycles. The summed E-state index contributed by atoms with van der Waals surface area (Å²) in [6.45, 7) is 1.57. The summed E-state index contributed by atoms with van der Waals surface area (Å²) in [5, 5.41) is 11.4. The lowest BCUT2D eigenvalue weighted by Crippen LogP contribution is -2.18. The van der Waals surface area contributed by atoms with Gasteiger partial charge in [0.2, 0.25) is 0 Å². The standard InChI is InChI=1S/C4H5N3O3/c1-2-5-4(10-7-2)3(8)6-9/h9H,1H3,(H,6,8). The van der Waals surface area contributed by atoms with E-state index in [-0.39, 0.29) is 5.89 Å². The molecule has 0 bridgehead atoms. The van der Waals surface area contributed by atoms with Gasteiger partial charge in [0, 0.05) is 0 Å². The second-order valence-electron chi connectivity index (χ2n) is 1.59. The zero-order valence-corrected chi connectivity index (χ0v) is 5.16. The summed E-state index contributed by atoms with van der Waals surface area (Å²) < 4.78 is 4.38. The second-order valence-corrected chi connectivity index (χ2v) is 1.59. The van der Waals surface area contributed by atoms with E-state index in [1.807, 2.05) is 0 Å². The number of hydrogen-bond donors (Lipinski definition) is 2. The maximum absolute atomic E-state index is 10.5. The molecule has 0 fully saturated rings. The number of carbonyl (C=O) groups is 1. The van der Waals surface area contributed by atoms with Crippen LogP contribution < -0.4 is 5.48 Å². The van der Waals surface area contributed by atoms with Gasteiger partial charge in [0.05, 0.1) is 0 Å². The van der Waals surface area contributed by atoms with E-state index in [0.717, 1.165) is 0 Å². The smallest absolute Gasteiger partial charge is 0.328 e. The number of nitrogens with zero attached hydrogens (tertiary/aromatic N) is 2. The Labute approximate surface area is 55.8 Å². The van der Waals surface area contributed by atoms with Gasteiger partial charge in [-0.1, -0.05) is 5.16 Å². The number of aromatic nitrogens is 2. The van der Waals surface area contributed by atoms with Gasteiger partial charge in [0.25, 0.3) is 0 Å². The second kappa shape index (κ2) is 2.44. The molecule has 0 saturated carbocycles. The van der Waals surface area contributed by atoms with Crippen molar-refractivity contribution in [1.29, 1.82) is 0 Å². The molecule has 0 aromatic carbocycles. The first-order valence-corrected chi connectivity index (χ1v) is 2.49. The molecule has 1 rings (SSSR count). The average molecular weight is 143 g/mol. The number of hydroxylamine groups is 1. The van der Waals surface area contributed by atoms with Crippen LogP contribution in [0.4, 0.5) is 0 Å². The largest absolute Gasteiger partial charge is 0.333 e. The third kappa shape index (κ3) is 1.11. The molecular formula is C4H5N3O3. The van der Waals surface area contributed by atoms with E-state index in [9.17, 15) is 4.79 Å². The van der Waals surface area contributed by atoms with Crippen molar-refractivity contribution < 1.29 is 14.5 Å². The Morgan fingerprint density at radius 3 is 2.90 bits per heavy atom. The van der Waals surface area contributed by atoms with Gasteiger partial charge in [0.1, 0.15) is 0 Å². The normalized spacial score (nSPS) is 9.40. The summed E-state index contributed by atoms with van der Waals surface area (Å²) in [4.78, 5) is 14.0. The van der Waals surface area contributed by atoms with Gasteiger partial charge in [-0.05, 0) is 6.92 Å². The van der Waals surface area contributed by atoms with Crippen LogP contribution in [0.3, 0.4) is 0 Å². The van der Waals surface area contributed by atoms with Crippen molar-refractivity contribution in [3.8, 4) is 0 Å². The highest BCUT2D eigenvalue weighted by molar-refractivity contribution is 5.88. The molecule has 1 heterocycles. The molecule has 0 atom stereocenters. The Morgan fingerprint density at radius 2 is 2.50 bits per heavy atom. The van der Waals surface area contributed by atoms with Crippen LogP contribution in [0, 0.1) is 6.92 Å². The van der Waals surface area contributed by atoms with Crippen LogP contribution >= 0.6 is 0 Å². The maximum atomic E-state index is 10.5. The molecular weight excluding hydrogens is 138 g/mol. The van der Waals surface area contributed by atoms with Gasteiger partial charge in [-0.15, -0.1) is 0 Å². The number of nitrogens with one attached hydrogen (secondary N) is 1. The Hall–Kier alpha value is -1.43. The van der Waals surface area contributed by atoms with E-state index >= 15 is 0 Å². The summed E-state index contributed by atoms with van der Waals surface area (Å²) in [5.74, 6) is -0.709. The fraction of sp³-hybridized carbons (Fsp3) is 0.250. The molecule has 0 aliphatic rings. The highest BCUT2D eigenvalue weighted by Gasteiger charge is 2.10. The summed E-state index contributed by atoms with van der Waals surface area (Å²) in [6.07, 6.45) is 0. The summed E-state index contributed by atoms with van der Waals surface area (Å²) in [5.41, 5.74) is 1.36. The highest BCUT2D eigenvalue weighted by Crippen LogP contribution is 1.93. The highest BCUT2D eigenvalue weighted by atomic mass is 16.5. The average Bonchev–Trinajstić information content (AvgIpc) is 2.34. The third-order valence-electron chi connectivity index (χ3n) is 0.823. The predicted octanol–water partition coefficient (Wildman–Crippen LogP) is -0.503. The minimum Gasteiger partial charge on any atom is -0.328 e. The van der Waals surface area contributed by atoms with Crippen LogP contribution in [-0.2, 0) is 0 Å². The van der Waals surface area contributed by atoms with Crippen molar-refractivity contribution in [3.63, 3.8) is 0 Å². The molecule has 6 nitrogen and oxygen atoms in total. The lowest BCUT2D eigenvalue weighted by Gasteiger charge is -1.85. The molecule has 0 unspecified atom stereocenters. The van der Waals surface area contributed by atoms with Crippen molar-refractivity contribution >= 4 is 5.91 Å². The minimum atomic E-state index is -0.805. The van der Waals surface area contributed by atoms with Crippen molar-refractivity contribution in [2.75, 3.05) is 0 Å². The van der Waals surface area contributed by atoms with Crippen molar-refractivity contribution in [2.45, 2.75) is 6.92 Å². The van der Waals surface area contributed by atoms with E-state index < -0.39 is 5.91 Å². The van der Waals surface area contributed by atoms with Crippen LogP contribution in [0.1, 0.15) is 16.5 Å². The number of carbonyl (C=O) groups excluding carboxylic acids is 1. The molecule has 0 aliphatic carbocycles. The first-order chi connectivity index (χ1) is 4.74. The zero-order valence-electron chi connectivity index (χ0n) is 5.16. The molecule has 0 spiro atoms. The minimum absolute atomic E-state index is 0.250. The van der Waals surface area contributed by atoms with Gasteiger partial charge in [-0.25, -0.2) is 5.48 Å². The quantitative estimate of drug-likeness (QED) is 0.408. The lowest BCUT2D eigenvalue weighted by molar-refractivity contribution is 0.0659. The first-order valence-electron chi connectivity index (χ1n) is 2.49. The van der Waals surface area contributed by atoms with E-state index in [4.69, 9.17) is 5.21 Å². The molecule has 10 heavy (non-hydrogen) atoms. The van der Waals surface area contributed by atoms with Crippen LogP contribution in [0.5, 0.6) is 0 Å². The molecule has 0 aliphatic heterocycles. The molecule has 0 radical (unpaired) electrons. The Morgan fingerprint density at radius 1 is 1.80 bits per heavy atom. The van der Waals surface area contributed by atoms with Gasteiger partial charge in [-0.3, -0.25) is 10.0 Å². The van der Waals surface area contributed by atoms with Crippen LogP contribution in [-0.4, -0.2) is 21.3 Å². The maximum Gasteiger partial charge on any atom is 0.333 e. The predicted molar refractivity (Wildman–Crippen MR) is 28.3 cm³/mol. The zero-order chi connectivity index (χ0) is 7.56. The Kier molecular flexibility index (Phi) is 1.63. The van der Waals surface area contributed by atoms with Crippen molar-refractivity contribution in [3.05, 3.63) is 11.7 Å². The third-order valence-corrected chi connectivity index (χ3v) is 0.823. The summed E-state index contributed by atoms with van der Waals surface area (Å²) in [6, 6.07) is 0. The van der Waals surface area contributed by atoms with E-state index in [0.29, 0.717) is 5.82 Å². The SMILES string of the molecule is Cc1noc(C(=O)NO)n1. The fourth-order valence-corrected chi connectivity index (χ4v) is 0.437. The number of aryl methyl sites for hydroxylation is 1. The Balaban J connectivity index is 2.85. The molecule has 0 saturated heterocycles. The number of amides is 1. The van der Waals surface area contributed by atoms with E-state index in [2.05, 4.69) is 14.7 Å². The monoisotopic (exact) mass is 143 g/mol. The molecule has 1 aromatic rings. The van der Waals surface area contributed by atoms with Crippen LogP contribution in [0.2, 0.25) is 0 Å². The van der Waals surface area contributed by atoms with Crippen molar-refractivity contribution in [2.24, 2.45) is 0 Å². The fourth-order valence-electron chi connectivity index (χ4n) is 0.437. The molecule has 1 amide bonds. The van der Waals surface area contributed by atoms with E-state index in [1.54, 1.807) is 6.92 Å². The number of hydrogen-bond acceptors (Lipinski definition) is 5. The molecule has 6 heteroatoms. The van der Waals surface area contributed by atoms with Gasteiger partial charge in [-0.2, -0.15) is 4.98 Å². The van der Waals surface area contributed by atoms with Crippen LogP contribution in [0.15, 0.2) is 4.52 Å². The van der Waals surface area contributed by atoms with Gasteiger partial charge >= 0.3 is 11.8 Å².